The average Bonchev–Trinajstić information content (AvgIpc) is 3.10. The van der Waals surface area contributed by atoms with Crippen LogP contribution in [0.2, 0.25) is 0 Å². The molecule has 24 heavy (non-hydrogen) atoms. The third kappa shape index (κ3) is 4.80. The Morgan fingerprint density at radius 2 is 2.12 bits per heavy atom. The molecule has 1 aliphatic rings. The van der Waals surface area contributed by atoms with E-state index in [4.69, 9.17) is 0 Å². The first-order chi connectivity index (χ1) is 11.3. The van der Waals surface area contributed by atoms with Crippen molar-refractivity contribution in [2.75, 3.05) is 31.1 Å². The molecule has 0 aliphatic carbocycles. The Morgan fingerprint density at radius 3 is 2.71 bits per heavy atom. The van der Waals surface area contributed by atoms with Crippen LogP contribution in [0.15, 0.2) is 6.20 Å². The fourth-order valence-corrected chi connectivity index (χ4v) is 4.54. The molecule has 136 valence electrons. The highest BCUT2D eigenvalue weighted by Gasteiger charge is 2.31. The normalized spacial score (nSPS) is 19.8. The summed E-state index contributed by atoms with van der Waals surface area (Å²) < 4.78 is 25.0. The third-order valence-corrected chi connectivity index (χ3v) is 5.90. The molecule has 1 saturated heterocycles. The van der Waals surface area contributed by atoms with Gasteiger partial charge in [0, 0.05) is 19.3 Å². The van der Waals surface area contributed by atoms with E-state index < -0.39 is 9.84 Å². The van der Waals surface area contributed by atoms with Gasteiger partial charge in [0.25, 0.3) is 5.91 Å². The van der Waals surface area contributed by atoms with Crippen LogP contribution in [0.25, 0.3) is 0 Å². The van der Waals surface area contributed by atoms with Gasteiger partial charge >= 0.3 is 0 Å². The summed E-state index contributed by atoms with van der Waals surface area (Å²) in [6, 6.07) is -0.166. The van der Waals surface area contributed by atoms with Crippen LogP contribution in [0.3, 0.4) is 0 Å². The minimum atomic E-state index is -2.98. The Bertz CT molecular complexity index is 667. The first-order valence-corrected chi connectivity index (χ1v) is 10.4. The summed E-state index contributed by atoms with van der Waals surface area (Å²) in [5, 5.41) is 10.6. The third-order valence-electron chi connectivity index (χ3n) is 4.15. The van der Waals surface area contributed by atoms with E-state index in [1.807, 2.05) is 13.8 Å². The molecule has 0 bridgehead atoms. The maximum absolute atomic E-state index is 12.4. The number of aromatic nitrogens is 2. The lowest BCUT2D eigenvalue weighted by Gasteiger charge is -2.07. The minimum absolute atomic E-state index is 0.100. The van der Waals surface area contributed by atoms with Crippen LogP contribution in [0.5, 0.6) is 0 Å². The van der Waals surface area contributed by atoms with Crippen LogP contribution in [0, 0.1) is 0 Å². The second kappa shape index (κ2) is 8.11. The van der Waals surface area contributed by atoms with Crippen molar-refractivity contribution < 1.29 is 13.2 Å². The Morgan fingerprint density at radius 1 is 1.38 bits per heavy atom. The fourth-order valence-electron chi connectivity index (χ4n) is 2.84. The van der Waals surface area contributed by atoms with Crippen LogP contribution in [-0.4, -0.2) is 55.2 Å². The second-order valence-corrected chi connectivity index (χ2v) is 8.85. The zero-order valence-corrected chi connectivity index (χ0v) is 15.5. The molecule has 2 rings (SSSR count). The molecule has 1 amide bonds. The molecule has 1 unspecified atom stereocenters. The molecule has 1 fully saturated rings. The monoisotopic (exact) mass is 356 g/mol. The number of rotatable bonds is 8. The maximum atomic E-state index is 12.4. The highest BCUT2D eigenvalue weighted by Crippen LogP contribution is 2.26. The van der Waals surface area contributed by atoms with Gasteiger partial charge in [-0.05, 0) is 25.3 Å². The lowest BCUT2D eigenvalue weighted by Crippen LogP contribution is -2.32. The van der Waals surface area contributed by atoms with Gasteiger partial charge in [0.15, 0.2) is 9.84 Å². The number of hydrogen-bond acceptors (Lipinski definition) is 5. The molecule has 8 heteroatoms. The van der Waals surface area contributed by atoms with Crippen LogP contribution in [-0.2, 0) is 9.84 Å². The summed E-state index contributed by atoms with van der Waals surface area (Å²) >= 11 is 0. The van der Waals surface area contributed by atoms with Gasteiger partial charge in [0.2, 0.25) is 0 Å². The van der Waals surface area contributed by atoms with Crippen molar-refractivity contribution >= 4 is 15.7 Å². The Labute approximate surface area is 144 Å². The van der Waals surface area contributed by atoms with E-state index in [0.29, 0.717) is 18.5 Å². The molecule has 2 heterocycles. The maximum Gasteiger partial charge on any atom is 0.254 e. The van der Waals surface area contributed by atoms with Gasteiger partial charge in [-0.25, -0.2) is 8.42 Å². The number of carbonyl (C=O) groups is 1. The van der Waals surface area contributed by atoms with E-state index in [1.54, 1.807) is 10.9 Å². The molecule has 7 nitrogen and oxygen atoms in total. The summed E-state index contributed by atoms with van der Waals surface area (Å²) in [6.07, 6.45) is 3.32. The van der Waals surface area contributed by atoms with Gasteiger partial charge in [0.1, 0.15) is 0 Å². The molecule has 2 N–H and O–H groups in total. The second-order valence-electron chi connectivity index (χ2n) is 6.63. The number of nitrogens with one attached hydrogen (secondary N) is 2. The van der Waals surface area contributed by atoms with E-state index in [2.05, 4.69) is 22.7 Å². The molecule has 1 atom stereocenters. The number of amides is 1. The molecule has 0 spiro atoms. The number of hydrogen-bond donors (Lipinski definition) is 2. The average molecular weight is 356 g/mol. The Balaban J connectivity index is 2.07. The summed E-state index contributed by atoms with van der Waals surface area (Å²) in [5.74, 6) is 0.250. The van der Waals surface area contributed by atoms with Crippen molar-refractivity contribution in [3.63, 3.8) is 0 Å². The predicted molar refractivity (Wildman–Crippen MR) is 94.1 cm³/mol. The van der Waals surface area contributed by atoms with Crippen molar-refractivity contribution in [1.29, 1.82) is 0 Å². The van der Waals surface area contributed by atoms with Gasteiger partial charge in [0.05, 0.1) is 28.8 Å². The molecule has 0 aromatic carbocycles. The summed E-state index contributed by atoms with van der Waals surface area (Å²) in [4.78, 5) is 12.4. The van der Waals surface area contributed by atoms with Crippen LogP contribution >= 0.6 is 0 Å². The number of sulfone groups is 1. The first-order valence-electron chi connectivity index (χ1n) is 8.62. The molecule has 1 aliphatic heterocycles. The van der Waals surface area contributed by atoms with Gasteiger partial charge < -0.3 is 10.6 Å². The quantitative estimate of drug-likeness (QED) is 0.680. The van der Waals surface area contributed by atoms with Crippen molar-refractivity contribution in [2.24, 2.45) is 0 Å². The molecular formula is C16H28N4O3S. The van der Waals surface area contributed by atoms with E-state index in [-0.39, 0.29) is 29.4 Å². The van der Waals surface area contributed by atoms with E-state index in [0.717, 1.165) is 25.2 Å². The lowest BCUT2D eigenvalue weighted by atomic mass is 10.1. The summed E-state index contributed by atoms with van der Waals surface area (Å²) in [6.45, 7) is 8.28. The van der Waals surface area contributed by atoms with Gasteiger partial charge in [-0.3, -0.25) is 9.48 Å². The standard InChI is InChI=1S/C16H28N4O3S/c1-4-6-17-7-8-18-16(21)14-10-20(19-15(14)12(2)3)13-5-9-24(22,23)11-13/h10,12-13,17H,4-9,11H2,1-3H3,(H,18,21). The van der Waals surface area contributed by atoms with Crippen LogP contribution in [0.4, 0.5) is 0 Å². The lowest BCUT2D eigenvalue weighted by molar-refractivity contribution is 0.0952. The smallest absolute Gasteiger partial charge is 0.254 e. The van der Waals surface area contributed by atoms with Gasteiger partial charge in [-0.2, -0.15) is 5.10 Å². The van der Waals surface area contributed by atoms with Crippen LogP contribution in [0.1, 0.15) is 61.6 Å². The van der Waals surface area contributed by atoms with Crippen molar-refractivity contribution in [3.05, 3.63) is 17.5 Å². The van der Waals surface area contributed by atoms with Crippen molar-refractivity contribution in [2.45, 2.75) is 45.6 Å². The molecule has 1 aromatic heterocycles. The fraction of sp³-hybridized carbons (Fsp3) is 0.750. The first kappa shape index (κ1) is 18.9. The largest absolute Gasteiger partial charge is 0.351 e. The zero-order chi connectivity index (χ0) is 17.7. The van der Waals surface area contributed by atoms with Crippen LogP contribution < -0.4 is 10.6 Å². The predicted octanol–water partition coefficient (Wildman–Crippen LogP) is 1.10. The highest BCUT2D eigenvalue weighted by molar-refractivity contribution is 7.91. The zero-order valence-electron chi connectivity index (χ0n) is 14.7. The number of nitrogens with zero attached hydrogens (tertiary/aromatic N) is 2. The van der Waals surface area contributed by atoms with Gasteiger partial charge in [-0.1, -0.05) is 20.8 Å². The molecule has 0 saturated carbocycles. The van der Waals surface area contributed by atoms with Crippen molar-refractivity contribution in [1.82, 2.24) is 20.4 Å². The van der Waals surface area contributed by atoms with E-state index >= 15 is 0 Å². The number of carbonyl (C=O) groups excluding carboxylic acids is 1. The highest BCUT2D eigenvalue weighted by atomic mass is 32.2. The SMILES string of the molecule is CCCNCCNC(=O)c1cn(C2CCS(=O)(=O)C2)nc1C(C)C. The molecule has 1 aromatic rings. The summed E-state index contributed by atoms with van der Waals surface area (Å²) in [7, 11) is -2.98. The van der Waals surface area contributed by atoms with E-state index in [9.17, 15) is 13.2 Å². The summed E-state index contributed by atoms with van der Waals surface area (Å²) in [5.41, 5.74) is 1.27. The van der Waals surface area contributed by atoms with Gasteiger partial charge in [-0.15, -0.1) is 0 Å². The topological polar surface area (TPSA) is 93.1 Å². The Hall–Kier alpha value is -1.41. The van der Waals surface area contributed by atoms with E-state index in [1.165, 1.54) is 0 Å². The Kier molecular flexibility index (Phi) is 6.40. The van der Waals surface area contributed by atoms with Crippen molar-refractivity contribution in [3.8, 4) is 0 Å². The molecule has 0 radical (unpaired) electrons. The minimum Gasteiger partial charge on any atom is -0.351 e. The molecular weight excluding hydrogens is 328 g/mol.